The summed E-state index contributed by atoms with van der Waals surface area (Å²) < 4.78 is 12.6. The van der Waals surface area contributed by atoms with Crippen LogP contribution in [0.5, 0.6) is 0 Å². The van der Waals surface area contributed by atoms with Gasteiger partial charge in [0.1, 0.15) is 0 Å². The molecule has 0 spiro atoms. The van der Waals surface area contributed by atoms with Crippen molar-refractivity contribution in [1.29, 1.82) is 0 Å². The van der Waals surface area contributed by atoms with E-state index in [0.29, 0.717) is 9.92 Å². The predicted molar refractivity (Wildman–Crippen MR) is 90.1 cm³/mol. The van der Waals surface area contributed by atoms with Crippen molar-refractivity contribution in [2.75, 3.05) is 0 Å². The third-order valence-electron chi connectivity index (χ3n) is 4.01. The Morgan fingerprint density at radius 1 is 0.870 bits per heavy atom. The van der Waals surface area contributed by atoms with Crippen molar-refractivity contribution in [3.05, 3.63) is 65.2 Å². The molecule has 3 rings (SSSR count). The highest BCUT2D eigenvalue weighted by atomic mass is 35.5. The van der Waals surface area contributed by atoms with Crippen LogP contribution < -0.4 is 0 Å². The van der Waals surface area contributed by atoms with E-state index in [1.807, 2.05) is 30.3 Å². The highest BCUT2D eigenvalue weighted by Crippen LogP contribution is 2.32. The minimum atomic E-state index is -1.67. The van der Waals surface area contributed by atoms with Gasteiger partial charge in [-0.15, -0.1) is 0 Å². The molecule has 118 valence electrons. The molecule has 0 bridgehead atoms. The van der Waals surface area contributed by atoms with Crippen molar-refractivity contribution in [2.24, 2.45) is 0 Å². The van der Waals surface area contributed by atoms with Crippen LogP contribution in [0.4, 0.5) is 0 Å². The molecular formula is C18H15ClO3S. The maximum Gasteiger partial charge on any atom is 0.156 e. The second kappa shape index (κ2) is 6.77. The first kappa shape index (κ1) is 16.1. The zero-order chi connectivity index (χ0) is 16.4. The van der Waals surface area contributed by atoms with E-state index in [2.05, 4.69) is 0 Å². The summed E-state index contributed by atoms with van der Waals surface area (Å²) in [4.78, 5) is 25.3. The van der Waals surface area contributed by atoms with Crippen LogP contribution in [0.2, 0.25) is 5.02 Å². The van der Waals surface area contributed by atoms with Gasteiger partial charge >= 0.3 is 0 Å². The van der Waals surface area contributed by atoms with Crippen molar-refractivity contribution < 1.29 is 13.8 Å². The lowest BCUT2D eigenvalue weighted by molar-refractivity contribution is -0.129. The average molecular weight is 347 g/mol. The number of hydrogen-bond acceptors (Lipinski definition) is 3. The van der Waals surface area contributed by atoms with Crippen LogP contribution in [0.3, 0.4) is 0 Å². The Kier molecular flexibility index (Phi) is 4.74. The summed E-state index contributed by atoms with van der Waals surface area (Å²) >= 11 is 5.81. The van der Waals surface area contributed by atoms with Gasteiger partial charge in [-0.3, -0.25) is 13.8 Å². The number of carbonyl (C=O) groups excluding carboxylic acids is 2. The first-order valence-corrected chi connectivity index (χ1v) is 8.92. The Hall–Kier alpha value is -1.78. The molecule has 0 unspecified atom stereocenters. The highest BCUT2D eigenvalue weighted by Gasteiger charge is 2.40. The fraction of sp³-hybridized carbons (Fsp3) is 0.222. The van der Waals surface area contributed by atoms with Gasteiger partial charge in [-0.05, 0) is 35.7 Å². The fourth-order valence-corrected chi connectivity index (χ4v) is 4.33. The zero-order valence-electron chi connectivity index (χ0n) is 12.3. The van der Waals surface area contributed by atoms with Gasteiger partial charge in [0.15, 0.2) is 16.8 Å². The minimum Gasteiger partial charge on any atom is -0.298 e. The van der Waals surface area contributed by atoms with Gasteiger partial charge in [-0.2, -0.15) is 0 Å². The summed E-state index contributed by atoms with van der Waals surface area (Å²) in [5, 5.41) is -0.535. The summed E-state index contributed by atoms with van der Waals surface area (Å²) in [6.07, 6.45) is 0.500. The number of hydrogen-bond donors (Lipinski definition) is 0. The lowest BCUT2D eigenvalue weighted by Gasteiger charge is -2.26. The average Bonchev–Trinajstić information content (AvgIpc) is 2.55. The van der Waals surface area contributed by atoms with Crippen LogP contribution in [0.1, 0.15) is 24.3 Å². The van der Waals surface area contributed by atoms with Crippen molar-refractivity contribution in [2.45, 2.75) is 28.9 Å². The van der Waals surface area contributed by atoms with E-state index in [9.17, 15) is 13.8 Å². The van der Waals surface area contributed by atoms with Crippen molar-refractivity contribution in [1.82, 2.24) is 0 Å². The molecule has 1 atom stereocenters. The van der Waals surface area contributed by atoms with E-state index in [0.717, 1.165) is 5.56 Å². The summed E-state index contributed by atoms with van der Waals surface area (Å²) in [5.41, 5.74) is 0.977. The van der Waals surface area contributed by atoms with E-state index < -0.39 is 16.0 Å². The van der Waals surface area contributed by atoms with Crippen LogP contribution >= 0.6 is 11.6 Å². The van der Waals surface area contributed by atoms with Crippen LogP contribution in [-0.2, 0) is 20.4 Å². The van der Waals surface area contributed by atoms with Crippen molar-refractivity contribution in [3.63, 3.8) is 0 Å². The van der Waals surface area contributed by atoms with Gasteiger partial charge in [0.2, 0.25) is 0 Å². The molecule has 0 aromatic heterocycles. The molecule has 1 aliphatic rings. The molecule has 2 aromatic carbocycles. The Balaban J connectivity index is 1.80. The molecule has 23 heavy (non-hydrogen) atoms. The molecule has 0 N–H and O–H groups in total. The van der Waals surface area contributed by atoms with Gasteiger partial charge < -0.3 is 0 Å². The maximum absolute atomic E-state index is 12.6. The predicted octanol–water partition coefficient (Wildman–Crippen LogP) is 3.53. The van der Waals surface area contributed by atoms with Gasteiger partial charge in [0.05, 0.1) is 10.8 Å². The lowest BCUT2D eigenvalue weighted by atomic mass is 9.82. The Bertz CT molecular complexity index is 738. The molecule has 3 nitrogen and oxygen atoms in total. The van der Waals surface area contributed by atoms with E-state index in [4.69, 9.17) is 11.6 Å². The first-order valence-electron chi connectivity index (χ1n) is 7.33. The van der Waals surface area contributed by atoms with Gasteiger partial charge in [-0.1, -0.05) is 41.9 Å². The lowest BCUT2D eigenvalue weighted by Crippen LogP contribution is -2.40. The monoisotopic (exact) mass is 346 g/mol. The van der Waals surface area contributed by atoms with Crippen LogP contribution in [0.15, 0.2) is 59.5 Å². The Morgan fingerprint density at radius 3 is 2.00 bits per heavy atom. The molecule has 5 heteroatoms. The third-order valence-corrected chi connectivity index (χ3v) is 5.95. The summed E-state index contributed by atoms with van der Waals surface area (Å²) in [7, 11) is -1.67. The van der Waals surface area contributed by atoms with E-state index >= 15 is 0 Å². The SMILES string of the molecule is O=C1CC(c2ccccc2)CC(=O)C1[S@@](=O)c1ccc(Cl)cc1. The standard InChI is InChI=1S/C18H15ClO3S/c19-14-6-8-15(9-7-14)23(22)18-16(20)10-13(11-17(18)21)12-4-2-1-3-5-12/h1-9,13,18H,10-11H2/t13?,18?,23-/m0/s1. The number of Topliss-reactive ketones (excluding diaryl/α,β-unsaturated/α-hetero) is 2. The van der Waals surface area contributed by atoms with E-state index in [1.54, 1.807) is 24.3 Å². The summed E-state index contributed by atoms with van der Waals surface area (Å²) in [6.45, 7) is 0. The molecule has 0 heterocycles. The zero-order valence-corrected chi connectivity index (χ0v) is 13.8. The number of carbonyl (C=O) groups is 2. The van der Waals surface area contributed by atoms with E-state index in [-0.39, 0.29) is 30.3 Å². The second-order valence-electron chi connectivity index (χ2n) is 5.58. The van der Waals surface area contributed by atoms with Crippen LogP contribution in [-0.4, -0.2) is 21.0 Å². The molecule has 0 aliphatic heterocycles. The highest BCUT2D eigenvalue weighted by molar-refractivity contribution is 7.87. The normalized spacial score (nSPS) is 22.8. The van der Waals surface area contributed by atoms with Gasteiger partial charge in [0, 0.05) is 22.8 Å². The largest absolute Gasteiger partial charge is 0.298 e. The molecule has 1 fully saturated rings. The van der Waals surface area contributed by atoms with Gasteiger partial charge in [0.25, 0.3) is 0 Å². The Labute approximate surface area is 142 Å². The molecule has 1 aliphatic carbocycles. The van der Waals surface area contributed by atoms with Crippen LogP contribution in [0.25, 0.3) is 0 Å². The Morgan fingerprint density at radius 2 is 1.43 bits per heavy atom. The minimum absolute atomic E-state index is 0.116. The molecule has 0 radical (unpaired) electrons. The van der Waals surface area contributed by atoms with Crippen LogP contribution in [0, 0.1) is 0 Å². The smallest absolute Gasteiger partial charge is 0.156 e. The van der Waals surface area contributed by atoms with E-state index in [1.165, 1.54) is 0 Å². The first-order chi connectivity index (χ1) is 11.1. The molecular weight excluding hydrogens is 332 g/mol. The number of benzene rings is 2. The molecule has 1 saturated carbocycles. The number of halogens is 1. The third kappa shape index (κ3) is 3.43. The second-order valence-corrected chi connectivity index (χ2v) is 7.55. The molecule has 0 amide bonds. The quantitative estimate of drug-likeness (QED) is 0.799. The van der Waals surface area contributed by atoms with Crippen molar-refractivity contribution in [3.8, 4) is 0 Å². The topological polar surface area (TPSA) is 51.2 Å². The molecule has 0 saturated heterocycles. The van der Waals surface area contributed by atoms with Gasteiger partial charge in [-0.25, -0.2) is 0 Å². The van der Waals surface area contributed by atoms with Crippen molar-refractivity contribution >= 4 is 34.0 Å². The maximum atomic E-state index is 12.6. The summed E-state index contributed by atoms with van der Waals surface area (Å²) in [6, 6.07) is 15.9. The molecule has 2 aromatic rings. The fourth-order valence-electron chi connectivity index (χ4n) is 2.86. The summed E-state index contributed by atoms with van der Waals surface area (Å²) in [5.74, 6) is -0.610. The number of rotatable bonds is 3. The number of ketones is 2.